The fourth-order valence-electron chi connectivity index (χ4n) is 1.74. The van der Waals surface area contributed by atoms with Crippen LogP contribution in [0.3, 0.4) is 0 Å². The highest BCUT2D eigenvalue weighted by Crippen LogP contribution is 2.17. The van der Waals surface area contributed by atoms with Gasteiger partial charge in [-0.15, -0.1) is 0 Å². The summed E-state index contributed by atoms with van der Waals surface area (Å²) in [4.78, 5) is 15.6. The predicted octanol–water partition coefficient (Wildman–Crippen LogP) is 2.34. The molecule has 0 bridgehead atoms. The third kappa shape index (κ3) is 3.31. The second kappa shape index (κ2) is 6.45. The van der Waals surface area contributed by atoms with E-state index >= 15 is 0 Å². The quantitative estimate of drug-likeness (QED) is 0.851. The Labute approximate surface area is 120 Å². The highest BCUT2D eigenvalue weighted by molar-refractivity contribution is 6.32. The molecule has 1 atom stereocenters. The zero-order chi connectivity index (χ0) is 14.5. The Morgan fingerprint density at radius 3 is 2.75 bits per heavy atom. The predicted molar refractivity (Wildman–Crippen MR) is 72.9 cm³/mol. The van der Waals surface area contributed by atoms with E-state index in [4.69, 9.17) is 11.6 Å². The Hall–Kier alpha value is -1.98. The molecular formula is C14H12ClFN2O2. The molecular weight excluding hydrogens is 283 g/mol. The lowest BCUT2D eigenvalue weighted by atomic mass is 10.1. The first kappa shape index (κ1) is 14.4. The van der Waals surface area contributed by atoms with Gasteiger partial charge in [-0.2, -0.15) is 0 Å². The number of nitrogens with zero attached hydrogens (tertiary/aromatic N) is 1. The van der Waals surface area contributed by atoms with Crippen LogP contribution in [-0.2, 0) is 0 Å². The summed E-state index contributed by atoms with van der Waals surface area (Å²) in [5.74, 6) is -1.25. The maximum absolute atomic E-state index is 13.1. The third-order valence-electron chi connectivity index (χ3n) is 2.74. The summed E-state index contributed by atoms with van der Waals surface area (Å²) in [6, 6.07) is 9.36. The molecule has 6 heteroatoms. The standard InChI is InChI=1S/C14H12ClFN2O2/c15-13-11(6-10(16)7-17-13)14(20)18-12(8-19)9-4-2-1-3-5-9/h1-7,12,19H,8H2,(H,18,20)/t12-/m0/s1. The summed E-state index contributed by atoms with van der Waals surface area (Å²) in [7, 11) is 0. The SMILES string of the molecule is O=C(N[C@@H](CO)c1ccccc1)c1cc(F)cnc1Cl. The lowest BCUT2D eigenvalue weighted by molar-refractivity contribution is 0.0915. The van der Waals surface area contributed by atoms with Crippen LogP contribution in [-0.4, -0.2) is 22.6 Å². The van der Waals surface area contributed by atoms with Gasteiger partial charge in [0.15, 0.2) is 0 Å². The van der Waals surface area contributed by atoms with Crippen LogP contribution in [0.25, 0.3) is 0 Å². The van der Waals surface area contributed by atoms with Crippen molar-refractivity contribution in [3.05, 3.63) is 64.7 Å². The molecule has 1 aromatic heterocycles. The number of aliphatic hydroxyl groups is 1. The van der Waals surface area contributed by atoms with Gasteiger partial charge in [-0.05, 0) is 11.6 Å². The second-order valence-corrected chi connectivity index (χ2v) is 4.47. The minimum atomic E-state index is -0.653. The fraction of sp³-hybridized carbons (Fsp3) is 0.143. The molecule has 0 aliphatic carbocycles. The van der Waals surface area contributed by atoms with E-state index in [9.17, 15) is 14.3 Å². The van der Waals surface area contributed by atoms with Crippen LogP contribution in [0.15, 0.2) is 42.6 Å². The number of carbonyl (C=O) groups excluding carboxylic acids is 1. The van der Waals surface area contributed by atoms with Crippen LogP contribution in [0.1, 0.15) is 22.0 Å². The first-order chi connectivity index (χ1) is 9.61. The molecule has 1 heterocycles. The van der Waals surface area contributed by atoms with Gasteiger partial charge in [0.2, 0.25) is 0 Å². The van der Waals surface area contributed by atoms with Crippen molar-refractivity contribution in [2.24, 2.45) is 0 Å². The molecule has 2 aromatic rings. The molecule has 0 saturated carbocycles. The van der Waals surface area contributed by atoms with Gasteiger partial charge >= 0.3 is 0 Å². The van der Waals surface area contributed by atoms with Gasteiger partial charge in [-0.25, -0.2) is 9.37 Å². The van der Waals surface area contributed by atoms with Gasteiger partial charge in [0, 0.05) is 0 Å². The van der Waals surface area contributed by atoms with Crippen molar-refractivity contribution in [3.63, 3.8) is 0 Å². The molecule has 0 aliphatic rings. The highest BCUT2D eigenvalue weighted by Gasteiger charge is 2.18. The van der Waals surface area contributed by atoms with Crippen LogP contribution >= 0.6 is 11.6 Å². The molecule has 0 saturated heterocycles. The molecule has 4 nitrogen and oxygen atoms in total. The number of hydrogen-bond donors (Lipinski definition) is 2. The molecule has 104 valence electrons. The van der Waals surface area contributed by atoms with Crippen LogP contribution in [0.4, 0.5) is 4.39 Å². The number of hydrogen-bond acceptors (Lipinski definition) is 3. The number of halogens is 2. The number of aliphatic hydroxyl groups excluding tert-OH is 1. The van der Waals surface area contributed by atoms with Crippen LogP contribution in [0.2, 0.25) is 5.15 Å². The summed E-state index contributed by atoms with van der Waals surface area (Å²) < 4.78 is 13.1. The first-order valence-electron chi connectivity index (χ1n) is 5.89. The molecule has 0 radical (unpaired) electrons. The van der Waals surface area contributed by atoms with Gasteiger partial charge in [-0.3, -0.25) is 4.79 Å². The van der Waals surface area contributed by atoms with Crippen molar-refractivity contribution in [2.45, 2.75) is 6.04 Å². The van der Waals surface area contributed by atoms with E-state index in [1.165, 1.54) is 0 Å². The van der Waals surface area contributed by atoms with Crippen molar-refractivity contribution in [3.8, 4) is 0 Å². The van der Waals surface area contributed by atoms with Crippen molar-refractivity contribution in [1.29, 1.82) is 0 Å². The van der Waals surface area contributed by atoms with Crippen molar-refractivity contribution in [2.75, 3.05) is 6.61 Å². The van der Waals surface area contributed by atoms with E-state index in [2.05, 4.69) is 10.3 Å². The lowest BCUT2D eigenvalue weighted by Gasteiger charge is -2.17. The number of benzene rings is 1. The minimum Gasteiger partial charge on any atom is -0.394 e. The topological polar surface area (TPSA) is 62.2 Å². The smallest absolute Gasteiger partial charge is 0.255 e. The van der Waals surface area contributed by atoms with Crippen molar-refractivity contribution in [1.82, 2.24) is 10.3 Å². The molecule has 1 aromatic carbocycles. The van der Waals surface area contributed by atoms with Gasteiger partial charge in [0.05, 0.1) is 24.4 Å². The van der Waals surface area contributed by atoms with Crippen LogP contribution in [0, 0.1) is 5.82 Å². The number of amides is 1. The second-order valence-electron chi connectivity index (χ2n) is 4.11. The number of pyridine rings is 1. The zero-order valence-electron chi connectivity index (χ0n) is 10.4. The van der Waals surface area contributed by atoms with E-state index < -0.39 is 17.8 Å². The molecule has 2 N–H and O–H groups in total. The third-order valence-corrected chi connectivity index (χ3v) is 3.04. The lowest BCUT2D eigenvalue weighted by Crippen LogP contribution is -2.31. The number of carbonyl (C=O) groups is 1. The summed E-state index contributed by atoms with van der Waals surface area (Å²) in [6.45, 7) is -0.282. The van der Waals surface area contributed by atoms with Crippen LogP contribution < -0.4 is 5.32 Å². The van der Waals surface area contributed by atoms with Gasteiger partial charge < -0.3 is 10.4 Å². The normalized spacial score (nSPS) is 11.9. The monoisotopic (exact) mass is 294 g/mol. The van der Waals surface area contributed by atoms with E-state index in [-0.39, 0.29) is 17.3 Å². The van der Waals surface area contributed by atoms with Crippen LogP contribution in [0.5, 0.6) is 0 Å². The molecule has 1 amide bonds. The van der Waals surface area contributed by atoms with Crippen molar-refractivity contribution >= 4 is 17.5 Å². The van der Waals surface area contributed by atoms with Gasteiger partial charge in [0.25, 0.3) is 5.91 Å². The van der Waals surface area contributed by atoms with Gasteiger partial charge in [0.1, 0.15) is 11.0 Å². The summed E-state index contributed by atoms with van der Waals surface area (Å²) in [5, 5.41) is 11.9. The maximum atomic E-state index is 13.1. The molecule has 0 aliphatic heterocycles. The molecule has 20 heavy (non-hydrogen) atoms. The average molecular weight is 295 g/mol. The fourth-order valence-corrected chi connectivity index (χ4v) is 1.93. The minimum absolute atomic E-state index is 0.0685. The molecule has 0 spiro atoms. The maximum Gasteiger partial charge on any atom is 0.255 e. The summed E-state index contributed by atoms with van der Waals surface area (Å²) in [5.41, 5.74) is 0.671. The molecule has 0 fully saturated rings. The largest absolute Gasteiger partial charge is 0.394 e. The average Bonchev–Trinajstić information content (AvgIpc) is 2.48. The molecule has 2 rings (SSSR count). The van der Waals surface area contributed by atoms with E-state index in [0.717, 1.165) is 17.8 Å². The Balaban J connectivity index is 2.20. The van der Waals surface area contributed by atoms with Gasteiger partial charge in [-0.1, -0.05) is 41.9 Å². The summed E-state index contributed by atoms with van der Waals surface area (Å²) in [6.07, 6.45) is 0.930. The Morgan fingerprint density at radius 1 is 1.40 bits per heavy atom. The Morgan fingerprint density at radius 2 is 2.10 bits per heavy atom. The summed E-state index contributed by atoms with van der Waals surface area (Å²) >= 11 is 5.76. The number of aromatic nitrogens is 1. The Kier molecular flexibility index (Phi) is 4.65. The van der Waals surface area contributed by atoms with Crippen molar-refractivity contribution < 1.29 is 14.3 Å². The Bertz CT molecular complexity index is 607. The van der Waals surface area contributed by atoms with E-state index in [0.29, 0.717) is 0 Å². The zero-order valence-corrected chi connectivity index (χ0v) is 11.1. The first-order valence-corrected chi connectivity index (χ1v) is 6.27. The number of nitrogens with one attached hydrogen (secondary N) is 1. The van der Waals surface area contributed by atoms with E-state index in [1.54, 1.807) is 24.3 Å². The molecule has 0 unspecified atom stereocenters. The highest BCUT2D eigenvalue weighted by atomic mass is 35.5. The number of rotatable bonds is 4. The van der Waals surface area contributed by atoms with E-state index in [1.807, 2.05) is 6.07 Å².